The largest absolute Gasteiger partial charge is 0.465 e. The summed E-state index contributed by atoms with van der Waals surface area (Å²) in [6.07, 6.45) is 9.41. The van der Waals surface area contributed by atoms with Gasteiger partial charge in [0.05, 0.1) is 41.8 Å². The normalized spacial score (nSPS) is 14.5. The number of allylic oxidation sites excluding steroid dienone is 1. The Balaban J connectivity index is 1.72. The second kappa shape index (κ2) is 14.2. The minimum absolute atomic E-state index is 0.134. The van der Waals surface area contributed by atoms with Crippen molar-refractivity contribution in [1.82, 2.24) is 24.8 Å². The van der Waals surface area contributed by atoms with Gasteiger partial charge in [0, 0.05) is 23.9 Å². The number of carbonyl (C=O) groups is 3. The van der Waals surface area contributed by atoms with Gasteiger partial charge in [-0.25, -0.2) is 19.6 Å². The molecule has 3 aromatic rings. The number of nitrogens with zero attached hydrogens (tertiary/aromatic N) is 4. The third-order valence-electron chi connectivity index (χ3n) is 7.22. The zero-order valence-corrected chi connectivity index (χ0v) is 25.2. The summed E-state index contributed by atoms with van der Waals surface area (Å²) in [5.74, 6) is 0.212. The number of esters is 1. The maximum atomic E-state index is 13.7. The van der Waals surface area contributed by atoms with Crippen LogP contribution in [0.4, 0.5) is 4.79 Å². The molecular weight excluding hydrogens is 538 g/mol. The third kappa shape index (κ3) is 7.30. The average Bonchev–Trinajstić information content (AvgIpc) is 3.65. The van der Waals surface area contributed by atoms with Crippen molar-refractivity contribution >= 4 is 34.8 Å². The van der Waals surface area contributed by atoms with E-state index in [1.807, 2.05) is 30.6 Å². The van der Waals surface area contributed by atoms with E-state index in [0.29, 0.717) is 29.9 Å². The number of hydrogen-bond donors (Lipinski definition) is 1. The topological polar surface area (TPSA) is 106 Å². The van der Waals surface area contributed by atoms with E-state index in [0.717, 1.165) is 72.6 Å². The molecule has 1 fully saturated rings. The number of urea groups is 1. The van der Waals surface area contributed by atoms with Crippen LogP contribution in [0.3, 0.4) is 0 Å². The molecule has 9 nitrogen and oxygen atoms in total. The molecule has 3 amide bonds. The Morgan fingerprint density at radius 3 is 2.44 bits per heavy atom. The Bertz CT molecular complexity index is 1410. The van der Waals surface area contributed by atoms with E-state index in [2.05, 4.69) is 28.7 Å². The van der Waals surface area contributed by atoms with Gasteiger partial charge >= 0.3 is 12.0 Å². The molecule has 0 radical (unpaired) electrons. The average molecular weight is 578 g/mol. The van der Waals surface area contributed by atoms with Gasteiger partial charge in [0.15, 0.2) is 0 Å². The summed E-state index contributed by atoms with van der Waals surface area (Å²) in [5.41, 5.74) is 4.14. The van der Waals surface area contributed by atoms with Crippen LogP contribution in [0.1, 0.15) is 96.9 Å². The molecule has 2 aromatic heterocycles. The number of nitrogens with one attached hydrogen (secondary N) is 1. The first-order valence-corrected chi connectivity index (χ1v) is 15.2. The van der Waals surface area contributed by atoms with Crippen LogP contribution in [-0.4, -0.2) is 44.5 Å². The summed E-state index contributed by atoms with van der Waals surface area (Å²) in [6, 6.07) is 6.90. The van der Waals surface area contributed by atoms with E-state index in [9.17, 15) is 14.4 Å². The lowest BCUT2D eigenvalue weighted by Crippen LogP contribution is -2.30. The van der Waals surface area contributed by atoms with E-state index in [4.69, 9.17) is 9.72 Å². The molecule has 4 rings (SSSR count). The predicted octanol–water partition coefficient (Wildman–Crippen LogP) is 6.26. The zero-order valence-electron chi connectivity index (χ0n) is 24.4. The molecule has 1 saturated heterocycles. The van der Waals surface area contributed by atoms with Crippen LogP contribution in [0.5, 0.6) is 0 Å². The number of aromatic nitrogens is 3. The van der Waals surface area contributed by atoms with Crippen molar-refractivity contribution in [2.24, 2.45) is 0 Å². The fourth-order valence-electron chi connectivity index (χ4n) is 4.97. The molecule has 0 unspecified atom stereocenters. The molecule has 218 valence electrons. The highest BCUT2D eigenvalue weighted by Crippen LogP contribution is 2.30. The van der Waals surface area contributed by atoms with Gasteiger partial charge in [-0.3, -0.25) is 9.69 Å². The summed E-state index contributed by atoms with van der Waals surface area (Å²) in [7, 11) is 1.37. The molecule has 0 aliphatic carbocycles. The summed E-state index contributed by atoms with van der Waals surface area (Å²) < 4.78 is 6.99. The van der Waals surface area contributed by atoms with Crippen LogP contribution in [-0.2, 0) is 29.0 Å². The highest BCUT2D eigenvalue weighted by atomic mass is 32.1. The van der Waals surface area contributed by atoms with Gasteiger partial charge in [0.1, 0.15) is 11.5 Å². The predicted molar refractivity (Wildman–Crippen MR) is 159 cm³/mol. The number of ether oxygens (including phenoxy) is 1. The molecule has 0 saturated carbocycles. The van der Waals surface area contributed by atoms with Crippen molar-refractivity contribution in [2.75, 3.05) is 7.11 Å². The number of rotatable bonds is 14. The molecule has 3 heterocycles. The Hall–Kier alpha value is -3.79. The van der Waals surface area contributed by atoms with Gasteiger partial charge in [0.2, 0.25) is 0 Å². The van der Waals surface area contributed by atoms with E-state index >= 15 is 0 Å². The number of methoxy groups -OCH3 is 1. The molecule has 1 N–H and O–H groups in total. The van der Waals surface area contributed by atoms with Crippen molar-refractivity contribution < 1.29 is 19.1 Å². The van der Waals surface area contributed by atoms with Crippen LogP contribution in [0.15, 0.2) is 41.5 Å². The fraction of sp³-hybridized carbons (Fsp3) is 0.452. The van der Waals surface area contributed by atoms with Crippen LogP contribution in [0.25, 0.3) is 5.57 Å². The molecule has 0 spiro atoms. The first-order valence-electron chi connectivity index (χ1n) is 14.3. The highest BCUT2D eigenvalue weighted by Gasteiger charge is 2.37. The van der Waals surface area contributed by atoms with Gasteiger partial charge in [-0.05, 0) is 43.9 Å². The van der Waals surface area contributed by atoms with Crippen molar-refractivity contribution in [3.63, 3.8) is 0 Å². The number of imidazole rings is 1. The van der Waals surface area contributed by atoms with Crippen molar-refractivity contribution in [2.45, 2.75) is 85.2 Å². The van der Waals surface area contributed by atoms with E-state index in [1.54, 1.807) is 12.1 Å². The van der Waals surface area contributed by atoms with Gasteiger partial charge in [-0.1, -0.05) is 51.7 Å². The minimum Gasteiger partial charge on any atom is -0.465 e. The fourth-order valence-corrected chi connectivity index (χ4v) is 5.57. The number of imide groups is 1. The quantitative estimate of drug-likeness (QED) is 0.105. The smallest absolute Gasteiger partial charge is 0.337 e. The van der Waals surface area contributed by atoms with Crippen LogP contribution >= 0.6 is 11.3 Å². The molecule has 10 heteroatoms. The first-order chi connectivity index (χ1) is 19.9. The number of hydrogen-bond acceptors (Lipinski definition) is 7. The number of carbonyl (C=O) groups excluding carboxylic acids is 3. The molecule has 0 bridgehead atoms. The lowest BCUT2D eigenvalue weighted by atomic mass is 10.0. The first kappa shape index (κ1) is 30.2. The van der Waals surface area contributed by atoms with Gasteiger partial charge in [-0.15, -0.1) is 11.3 Å². The molecule has 1 aliphatic heterocycles. The maximum absolute atomic E-state index is 13.7. The summed E-state index contributed by atoms with van der Waals surface area (Å²) in [6.45, 7) is 6.87. The standard InChI is InChI=1S/C31H39N5O4S/c1-5-7-9-10-11-25(28-29(37)36(31(39)34-28)19-24-20-41-21(3)33-24)26-17-32-27(12-8-6-2)35(26)18-22-13-15-23(16-14-22)30(38)40-4/h13-17,20H,5-12,18-19H2,1-4H3,(H,34,39). The van der Waals surface area contributed by atoms with Crippen LogP contribution in [0, 0.1) is 6.92 Å². The zero-order chi connectivity index (χ0) is 29.4. The Morgan fingerprint density at radius 1 is 1.02 bits per heavy atom. The van der Waals surface area contributed by atoms with E-state index < -0.39 is 6.03 Å². The summed E-state index contributed by atoms with van der Waals surface area (Å²) in [4.78, 5) is 49.1. The Morgan fingerprint density at radius 2 is 1.78 bits per heavy atom. The number of benzene rings is 1. The second-order valence-corrected chi connectivity index (χ2v) is 11.3. The van der Waals surface area contributed by atoms with Crippen molar-refractivity contribution in [3.8, 4) is 0 Å². The second-order valence-electron chi connectivity index (χ2n) is 10.3. The SMILES string of the molecule is CCCCCCC(=C1NC(=O)N(Cc2csc(C)n2)C1=O)c1cnc(CCCC)n1Cc1ccc(C(=O)OC)cc1. The van der Waals surface area contributed by atoms with Gasteiger partial charge in [-0.2, -0.15) is 0 Å². The van der Waals surface area contributed by atoms with Crippen molar-refractivity contribution in [3.05, 3.63) is 74.9 Å². The summed E-state index contributed by atoms with van der Waals surface area (Å²) in [5, 5.41) is 5.66. The number of amides is 3. The van der Waals surface area contributed by atoms with Gasteiger partial charge < -0.3 is 14.6 Å². The Kier molecular flexibility index (Phi) is 10.5. The number of unbranched alkanes of at least 4 members (excludes halogenated alkanes) is 4. The number of aryl methyl sites for hydroxylation is 2. The van der Waals surface area contributed by atoms with E-state index in [-0.39, 0.29) is 18.4 Å². The molecule has 41 heavy (non-hydrogen) atoms. The molecule has 0 atom stereocenters. The third-order valence-corrected chi connectivity index (χ3v) is 8.04. The highest BCUT2D eigenvalue weighted by molar-refractivity contribution is 7.09. The Labute approximate surface area is 245 Å². The van der Waals surface area contributed by atoms with Crippen molar-refractivity contribution in [1.29, 1.82) is 0 Å². The molecular formula is C31H39N5O4S. The summed E-state index contributed by atoms with van der Waals surface area (Å²) >= 11 is 1.50. The molecule has 1 aliphatic rings. The monoisotopic (exact) mass is 577 g/mol. The lowest BCUT2D eigenvalue weighted by molar-refractivity contribution is -0.123. The number of thiazole rings is 1. The maximum Gasteiger partial charge on any atom is 0.337 e. The van der Waals surface area contributed by atoms with Gasteiger partial charge in [0.25, 0.3) is 5.91 Å². The van der Waals surface area contributed by atoms with Crippen LogP contribution in [0.2, 0.25) is 0 Å². The lowest BCUT2D eigenvalue weighted by Gasteiger charge is -2.17. The van der Waals surface area contributed by atoms with Crippen LogP contribution < -0.4 is 5.32 Å². The van der Waals surface area contributed by atoms with E-state index in [1.165, 1.54) is 23.3 Å². The molecule has 1 aromatic carbocycles. The minimum atomic E-state index is -0.433.